The second kappa shape index (κ2) is 7.85. The predicted octanol–water partition coefficient (Wildman–Crippen LogP) is 1.77. The summed E-state index contributed by atoms with van der Waals surface area (Å²) < 4.78 is 33.0. The van der Waals surface area contributed by atoms with Crippen LogP contribution in [0.1, 0.15) is 32.1 Å². The Morgan fingerprint density at radius 1 is 1.24 bits per heavy atom. The Balaban J connectivity index is 1.89. The van der Waals surface area contributed by atoms with Crippen LogP contribution < -0.4 is 5.32 Å². The zero-order valence-electron chi connectivity index (χ0n) is 14.6. The zero-order chi connectivity index (χ0) is 17.9. The number of hydrogen-bond donors (Lipinski definition) is 1. The van der Waals surface area contributed by atoms with Gasteiger partial charge in [0.15, 0.2) is 0 Å². The molecule has 138 valence electrons. The van der Waals surface area contributed by atoms with Crippen LogP contribution in [-0.2, 0) is 19.6 Å². The van der Waals surface area contributed by atoms with E-state index in [2.05, 4.69) is 5.32 Å². The molecule has 6 nitrogen and oxygen atoms in total. The highest BCUT2D eigenvalue weighted by Crippen LogP contribution is 2.42. The van der Waals surface area contributed by atoms with Crippen LogP contribution in [0.2, 0.25) is 0 Å². The van der Waals surface area contributed by atoms with Gasteiger partial charge in [0.2, 0.25) is 15.9 Å². The third-order valence-corrected chi connectivity index (χ3v) is 7.20. The molecule has 1 saturated heterocycles. The van der Waals surface area contributed by atoms with Gasteiger partial charge in [-0.2, -0.15) is 4.31 Å². The number of hydrogen-bond acceptors (Lipinski definition) is 4. The molecule has 1 heterocycles. The van der Waals surface area contributed by atoms with Crippen molar-refractivity contribution in [2.45, 2.75) is 49.1 Å². The van der Waals surface area contributed by atoms with Crippen LogP contribution in [0.25, 0.3) is 0 Å². The molecule has 1 saturated carbocycles. The number of amides is 1. The summed E-state index contributed by atoms with van der Waals surface area (Å²) in [4.78, 5) is 12.9. The molecule has 2 aliphatic rings. The first-order valence-corrected chi connectivity index (χ1v) is 10.3. The summed E-state index contributed by atoms with van der Waals surface area (Å²) in [6, 6.07) is 7.73. The topological polar surface area (TPSA) is 75.7 Å². The molecule has 1 aromatic carbocycles. The van der Waals surface area contributed by atoms with Crippen molar-refractivity contribution in [2.24, 2.45) is 5.92 Å². The van der Waals surface area contributed by atoms with E-state index >= 15 is 0 Å². The Morgan fingerprint density at radius 2 is 1.96 bits per heavy atom. The molecule has 1 aliphatic carbocycles. The molecule has 3 rings (SSSR count). The van der Waals surface area contributed by atoms with Gasteiger partial charge in [0.05, 0.1) is 11.5 Å². The summed E-state index contributed by atoms with van der Waals surface area (Å²) in [7, 11) is -2.12. The molecule has 7 heteroatoms. The van der Waals surface area contributed by atoms with Crippen LogP contribution in [0.15, 0.2) is 35.2 Å². The molecule has 0 spiro atoms. The fourth-order valence-electron chi connectivity index (χ4n) is 4.10. The Bertz CT molecular complexity index is 692. The van der Waals surface area contributed by atoms with Gasteiger partial charge in [0.1, 0.15) is 6.04 Å². The summed E-state index contributed by atoms with van der Waals surface area (Å²) >= 11 is 0. The molecule has 1 N–H and O–H groups in total. The van der Waals surface area contributed by atoms with E-state index in [1.807, 2.05) is 0 Å². The summed E-state index contributed by atoms with van der Waals surface area (Å²) in [5.74, 6) is 0.0522. The highest BCUT2D eigenvalue weighted by Gasteiger charge is 2.50. The third kappa shape index (κ3) is 3.73. The molecule has 3 atom stereocenters. The van der Waals surface area contributed by atoms with Crippen LogP contribution >= 0.6 is 0 Å². The van der Waals surface area contributed by atoms with Crippen LogP contribution in [0.5, 0.6) is 0 Å². The third-order valence-electron chi connectivity index (χ3n) is 5.26. The molecule has 2 fully saturated rings. The average Bonchev–Trinajstić information content (AvgIpc) is 3.03. The van der Waals surface area contributed by atoms with Crippen molar-refractivity contribution in [3.05, 3.63) is 30.3 Å². The van der Waals surface area contributed by atoms with Crippen molar-refractivity contribution >= 4 is 15.9 Å². The molecule has 25 heavy (non-hydrogen) atoms. The van der Waals surface area contributed by atoms with E-state index < -0.39 is 16.1 Å². The van der Waals surface area contributed by atoms with Crippen molar-refractivity contribution in [1.82, 2.24) is 9.62 Å². The van der Waals surface area contributed by atoms with Gasteiger partial charge < -0.3 is 10.1 Å². The first-order valence-electron chi connectivity index (χ1n) is 8.91. The Labute approximate surface area is 149 Å². The van der Waals surface area contributed by atoms with Crippen molar-refractivity contribution in [1.29, 1.82) is 0 Å². The van der Waals surface area contributed by atoms with Crippen molar-refractivity contribution < 1.29 is 17.9 Å². The van der Waals surface area contributed by atoms with Crippen molar-refractivity contribution in [3.63, 3.8) is 0 Å². The largest absolute Gasteiger partial charge is 0.383 e. The first-order chi connectivity index (χ1) is 12.1. The summed E-state index contributed by atoms with van der Waals surface area (Å²) in [6.45, 7) is 0.803. The number of benzene rings is 1. The lowest BCUT2D eigenvalue weighted by Gasteiger charge is -2.32. The SMILES string of the molecule is COCCNC(=O)C1CC2CCCCC2N1S(=O)(=O)c1ccccc1. The van der Waals surface area contributed by atoms with Crippen LogP contribution in [0.3, 0.4) is 0 Å². The normalized spacial score (nSPS) is 27.0. The van der Waals surface area contributed by atoms with E-state index in [0.717, 1.165) is 25.7 Å². The Hall–Kier alpha value is -1.44. The van der Waals surface area contributed by atoms with Gasteiger partial charge in [-0.25, -0.2) is 8.42 Å². The monoisotopic (exact) mass is 366 g/mol. The van der Waals surface area contributed by atoms with E-state index in [4.69, 9.17) is 4.74 Å². The second-order valence-electron chi connectivity index (χ2n) is 6.80. The molecule has 0 aromatic heterocycles. The number of sulfonamides is 1. The number of carbonyl (C=O) groups excluding carboxylic acids is 1. The maximum atomic E-state index is 13.3. The van der Waals surface area contributed by atoms with Crippen LogP contribution in [0.4, 0.5) is 0 Å². The predicted molar refractivity (Wildman–Crippen MR) is 94.5 cm³/mol. The smallest absolute Gasteiger partial charge is 0.244 e. The van der Waals surface area contributed by atoms with Gasteiger partial charge in [-0.3, -0.25) is 4.79 Å². The molecule has 1 aliphatic heterocycles. The van der Waals surface area contributed by atoms with Crippen LogP contribution in [-0.4, -0.2) is 51.0 Å². The quantitative estimate of drug-likeness (QED) is 0.779. The summed E-state index contributed by atoms with van der Waals surface area (Å²) in [5, 5.41) is 2.82. The number of methoxy groups -OCH3 is 1. The van der Waals surface area contributed by atoms with Gasteiger partial charge in [0, 0.05) is 19.7 Å². The number of fused-ring (bicyclic) bond motifs is 1. The second-order valence-corrected chi connectivity index (χ2v) is 8.64. The molecule has 3 unspecified atom stereocenters. The first kappa shape index (κ1) is 18.4. The van der Waals surface area contributed by atoms with E-state index in [0.29, 0.717) is 19.6 Å². The fraction of sp³-hybridized carbons (Fsp3) is 0.611. The molecule has 1 aromatic rings. The molecular weight excluding hydrogens is 340 g/mol. The lowest BCUT2D eigenvalue weighted by atomic mass is 9.85. The van der Waals surface area contributed by atoms with Crippen LogP contribution in [0, 0.1) is 5.92 Å². The molecule has 0 bridgehead atoms. The minimum atomic E-state index is -3.69. The van der Waals surface area contributed by atoms with E-state index in [9.17, 15) is 13.2 Å². The highest BCUT2D eigenvalue weighted by molar-refractivity contribution is 7.89. The van der Waals surface area contributed by atoms with Crippen molar-refractivity contribution in [2.75, 3.05) is 20.3 Å². The standard InChI is InChI=1S/C18H26N2O4S/c1-24-12-11-19-18(21)17-13-14-7-5-6-10-16(14)20(17)25(22,23)15-8-3-2-4-9-15/h2-4,8-9,14,16-17H,5-7,10-13H2,1H3,(H,19,21). The number of nitrogens with zero attached hydrogens (tertiary/aromatic N) is 1. The molecule has 0 radical (unpaired) electrons. The zero-order valence-corrected chi connectivity index (χ0v) is 15.4. The van der Waals surface area contributed by atoms with Gasteiger partial charge in [-0.15, -0.1) is 0 Å². The average molecular weight is 366 g/mol. The van der Waals surface area contributed by atoms with Gasteiger partial charge in [-0.05, 0) is 37.3 Å². The van der Waals surface area contributed by atoms with E-state index in [1.165, 1.54) is 4.31 Å². The van der Waals surface area contributed by atoms with Gasteiger partial charge in [0.25, 0.3) is 0 Å². The van der Waals surface area contributed by atoms with Gasteiger partial charge >= 0.3 is 0 Å². The number of nitrogens with one attached hydrogen (secondary N) is 1. The minimum Gasteiger partial charge on any atom is -0.383 e. The molecular formula is C18H26N2O4S. The number of carbonyl (C=O) groups is 1. The Morgan fingerprint density at radius 3 is 2.68 bits per heavy atom. The lowest BCUT2D eigenvalue weighted by Crippen LogP contribution is -2.49. The number of rotatable bonds is 6. The fourth-order valence-corrected chi connectivity index (χ4v) is 5.99. The maximum absolute atomic E-state index is 13.3. The summed E-state index contributed by atoms with van der Waals surface area (Å²) in [6.07, 6.45) is 4.56. The minimum absolute atomic E-state index is 0.0721. The van der Waals surface area contributed by atoms with E-state index in [-0.39, 0.29) is 22.8 Å². The lowest BCUT2D eigenvalue weighted by molar-refractivity contribution is -0.124. The van der Waals surface area contributed by atoms with Gasteiger partial charge in [-0.1, -0.05) is 31.0 Å². The highest BCUT2D eigenvalue weighted by atomic mass is 32.2. The number of ether oxygens (including phenoxy) is 1. The summed E-state index contributed by atoms with van der Waals surface area (Å²) in [5.41, 5.74) is 0. The molecule has 1 amide bonds. The van der Waals surface area contributed by atoms with Crippen molar-refractivity contribution in [3.8, 4) is 0 Å². The maximum Gasteiger partial charge on any atom is 0.244 e. The van der Waals surface area contributed by atoms with E-state index in [1.54, 1.807) is 37.4 Å². The Kier molecular flexibility index (Phi) is 5.76.